The van der Waals surface area contributed by atoms with E-state index in [2.05, 4.69) is 9.55 Å². The van der Waals surface area contributed by atoms with Gasteiger partial charge in [-0.15, -0.1) is 0 Å². The number of nitrogens with zero attached hydrogens (tertiary/aromatic N) is 3. The minimum absolute atomic E-state index is 0.00180. The summed E-state index contributed by atoms with van der Waals surface area (Å²) in [4.78, 5) is 15.3. The Morgan fingerprint density at radius 3 is 2.95 bits per heavy atom. The highest BCUT2D eigenvalue weighted by Gasteiger charge is 2.21. The van der Waals surface area contributed by atoms with E-state index < -0.39 is 4.92 Å². The van der Waals surface area contributed by atoms with Gasteiger partial charge in [0.25, 0.3) is 0 Å². The van der Waals surface area contributed by atoms with Crippen LogP contribution in [0.1, 0.15) is 25.1 Å². The third-order valence-corrected chi connectivity index (χ3v) is 3.61. The molecule has 3 rings (SSSR count). The molecule has 0 N–H and O–H groups in total. The first kappa shape index (κ1) is 12.0. The molecule has 100 valence electrons. The van der Waals surface area contributed by atoms with Crippen LogP contribution in [0.25, 0.3) is 11.0 Å². The number of aryl methyl sites for hydroxylation is 2. The van der Waals surface area contributed by atoms with Crippen LogP contribution in [0.2, 0.25) is 0 Å². The zero-order chi connectivity index (χ0) is 13.4. The highest BCUT2D eigenvalue weighted by Crippen LogP contribution is 2.33. The molecule has 0 unspecified atom stereocenters. The van der Waals surface area contributed by atoms with Crippen LogP contribution in [0.5, 0.6) is 5.75 Å². The Hall–Kier alpha value is -2.11. The number of fused-ring (bicyclic) bond motifs is 3. The normalized spacial score (nSPS) is 15.0. The lowest BCUT2D eigenvalue weighted by atomic mass is 10.2. The molecule has 0 saturated carbocycles. The number of hydrogen-bond donors (Lipinski definition) is 0. The van der Waals surface area contributed by atoms with Gasteiger partial charge in [-0.25, -0.2) is 4.98 Å². The Morgan fingerprint density at radius 1 is 1.37 bits per heavy atom. The number of aromatic nitrogens is 2. The van der Waals surface area contributed by atoms with Crippen LogP contribution >= 0.6 is 0 Å². The zero-order valence-electron chi connectivity index (χ0n) is 10.8. The second-order valence-electron chi connectivity index (χ2n) is 4.76. The first-order valence-corrected chi connectivity index (χ1v) is 6.42. The van der Waals surface area contributed by atoms with E-state index in [0.717, 1.165) is 42.7 Å². The molecule has 19 heavy (non-hydrogen) atoms. The maximum Gasteiger partial charge on any atom is 0.313 e. The van der Waals surface area contributed by atoms with Gasteiger partial charge in [0.15, 0.2) is 5.75 Å². The molecule has 6 heteroatoms. The second-order valence-corrected chi connectivity index (χ2v) is 4.76. The monoisotopic (exact) mass is 261 g/mol. The topological polar surface area (TPSA) is 70.2 Å². The number of nitro groups is 1. The van der Waals surface area contributed by atoms with Crippen molar-refractivity contribution in [3.63, 3.8) is 0 Å². The molecule has 0 spiro atoms. The molecule has 2 aromatic rings. The van der Waals surface area contributed by atoms with Crippen molar-refractivity contribution in [2.24, 2.45) is 0 Å². The van der Waals surface area contributed by atoms with Gasteiger partial charge >= 0.3 is 5.69 Å². The average molecular weight is 261 g/mol. The summed E-state index contributed by atoms with van der Waals surface area (Å²) in [6.45, 7) is 0.884. The highest BCUT2D eigenvalue weighted by atomic mass is 16.6. The smallest absolute Gasteiger partial charge is 0.313 e. The van der Waals surface area contributed by atoms with Crippen LogP contribution in [0.3, 0.4) is 0 Å². The van der Waals surface area contributed by atoms with Gasteiger partial charge in [-0.3, -0.25) is 10.1 Å². The molecule has 0 radical (unpaired) electrons. The van der Waals surface area contributed by atoms with E-state index >= 15 is 0 Å². The van der Waals surface area contributed by atoms with E-state index in [4.69, 9.17) is 4.74 Å². The molecule has 2 heterocycles. The summed E-state index contributed by atoms with van der Waals surface area (Å²) >= 11 is 0. The Kier molecular flexibility index (Phi) is 2.85. The summed E-state index contributed by atoms with van der Waals surface area (Å²) in [7, 11) is 1.44. The third-order valence-electron chi connectivity index (χ3n) is 3.61. The van der Waals surface area contributed by atoms with Gasteiger partial charge < -0.3 is 9.30 Å². The van der Waals surface area contributed by atoms with E-state index in [1.807, 2.05) is 0 Å². The number of benzene rings is 1. The quantitative estimate of drug-likeness (QED) is 0.615. The van der Waals surface area contributed by atoms with Gasteiger partial charge in [0, 0.05) is 25.1 Å². The summed E-state index contributed by atoms with van der Waals surface area (Å²) < 4.78 is 7.19. The van der Waals surface area contributed by atoms with Crippen molar-refractivity contribution < 1.29 is 9.66 Å². The Morgan fingerprint density at radius 2 is 2.21 bits per heavy atom. The first-order valence-electron chi connectivity index (χ1n) is 6.42. The van der Waals surface area contributed by atoms with Crippen molar-refractivity contribution in [2.75, 3.05) is 7.11 Å². The standard InChI is InChI=1S/C13H15N3O3/c1-19-12-7-9-10(8-11(12)16(17)18)15-6-4-2-3-5-13(15)14-9/h7-8H,2-6H2,1H3. The van der Waals surface area contributed by atoms with Crippen LogP contribution in [-0.2, 0) is 13.0 Å². The lowest BCUT2D eigenvalue weighted by molar-refractivity contribution is -0.385. The number of hydrogen-bond acceptors (Lipinski definition) is 4. The molecular formula is C13H15N3O3. The van der Waals surface area contributed by atoms with Crippen molar-refractivity contribution in [1.29, 1.82) is 0 Å². The number of rotatable bonds is 2. The largest absolute Gasteiger partial charge is 0.490 e. The molecule has 0 bridgehead atoms. The van der Waals surface area contributed by atoms with E-state index in [1.54, 1.807) is 12.1 Å². The SMILES string of the molecule is COc1cc2nc3n(c2cc1[N+](=O)[O-])CCCCC3. The van der Waals surface area contributed by atoms with Gasteiger partial charge in [0.1, 0.15) is 5.82 Å². The van der Waals surface area contributed by atoms with E-state index in [9.17, 15) is 10.1 Å². The maximum absolute atomic E-state index is 11.1. The Balaban J connectivity index is 2.24. The zero-order valence-corrected chi connectivity index (χ0v) is 10.8. The van der Waals surface area contributed by atoms with Crippen LogP contribution in [0.4, 0.5) is 5.69 Å². The van der Waals surface area contributed by atoms with Crippen LogP contribution in [0.15, 0.2) is 12.1 Å². The van der Waals surface area contributed by atoms with Crippen molar-refractivity contribution in [2.45, 2.75) is 32.2 Å². The second kappa shape index (κ2) is 4.53. The minimum atomic E-state index is -0.408. The van der Waals surface area contributed by atoms with Crippen molar-refractivity contribution in [3.8, 4) is 5.75 Å². The summed E-state index contributed by atoms with van der Waals surface area (Å²) in [5.74, 6) is 1.29. The van der Waals surface area contributed by atoms with Gasteiger partial charge in [-0.05, 0) is 12.8 Å². The predicted octanol–water partition coefficient (Wildman–Crippen LogP) is 2.68. The lowest BCUT2D eigenvalue weighted by Crippen LogP contribution is -2.00. The Bertz CT molecular complexity index is 648. The fourth-order valence-electron chi connectivity index (χ4n) is 2.67. The lowest BCUT2D eigenvalue weighted by Gasteiger charge is -2.05. The van der Waals surface area contributed by atoms with Crippen LogP contribution in [-0.4, -0.2) is 21.6 Å². The molecule has 0 aliphatic carbocycles. The third kappa shape index (κ3) is 1.93. The highest BCUT2D eigenvalue weighted by molar-refractivity contribution is 5.82. The average Bonchev–Trinajstić information content (AvgIpc) is 2.58. The van der Waals surface area contributed by atoms with Gasteiger partial charge in [0.2, 0.25) is 0 Å². The van der Waals surface area contributed by atoms with E-state index in [0.29, 0.717) is 0 Å². The maximum atomic E-state index is 11.1. The number of methoxy groups -OCH3 is 1. The molecule has 1 aromatic carbocycles. The van der Waals surface area contributed by atoms with Crippen LogP contribution < -0.4 is 4.74 Å². The number of ether oxygens (including phenoxy) is 1. The van der Waals surface area contributed by atoms with Crippen LogP contribution in [0, 0.1) is 10.1 Å². The fraction of sp³-hybridized carbons (Fsp3) is 0.462. The number of imidazole rings is 1. The predicted molar refractivity (Wildman–Crippen MR) is 70.5 cm³/mol. The van der Waals surface area contributed by atoms with E-state index in [1.165, 1.54) is 13.5 Å². The van der Waals surface area contributed by atoms with E-state index in [-0.39, 0.29) is 11.4 Å². The minimum Gasteiger partial charge on any atom is -0.490 e. The van der Waals surface area contributed by atoms with Gasteiger partial charge in [-0.2, -0.15) is 0 Å². The Labute approximate surface area is 110 Å². The molecule has 0 amide bonds. The van der Waals surface area contributed by atoms with Gasteiger partial charge in [0.05, 0.1) is 23.1 Å². The van der Waals surface area contributed by atoms with Crippen molar-refractivity contribution in [1.82, 2.24) is 9.55 Å². The van der Waals surface area contributed by atoms with Crippen molar-refractivity contribution in [3.05, 3.63) is 28.1 Å². The summed E-state index contributed by atoms with van der Waals surface area (Å²) in [5.41, 5.74) is 1.62. The molecule has 1 aromatic heterocycles. The number of nitro benzene ring substituents is 1. The molecule has 0 fully saturated rings. The molecular weight excluding hydrogens is 246 g/mol. The first-order chi connectivity index (χ1) is 9.20. The molecule has 1 aliphatic rings. The molecule has 0 saturated heterocycles. The fourth-order valence-corrected chi connectivity index (χ4v) is 2.67. The molecule has 0 atom stereocenters. The van der Waals surface area contributed by atoms with Gasteiger partial charge in [-0.1, -0.05) is 6.42 Å². The summed E-state index contributed by atoms with van der Waals surface area (Å²) in [5, 5.41) is 11.1. The van der Waals surface area contributed by atoms with Crippen molar-refractivity contribution >= 4 is 16.7 Å². The molecule has 6 nitrogen and oxygen atoms in total. The molecule has 1 aliphatic heterocycles. The summed E-state index contributed by atoms with van der Waals surface area (Å²) in [6.07, 6.45) is 4.34. The summed E-state index contributed by atoms with van der Waals surface area (Å²) in [6, 6.07) is 3.24.